The summed E-state index contributed by atoms with van der Waals surface area (Å²) < 4.78 is 0. The highest BCUT2D eigenvalue weighted by Crippen LogP contribution is 2.30. The van der Waals surface area contributed by atoms with Gasteiger partial charge in [0.1, 0.15) is 10.8 Å². The van der Waals surface area contributed by atoms with Crippen molar-refractivity contribution in [2.45, 2.75) is 33.1 Å². The smallest absolute Gasteiger partial charge is 0.208 e. The van der Waals surface area contributed by atoms with Crippen molar-refractivity contribution in [1.82, 2.24) is 15.2 Å². The van der Waals surface area contributed by atoms with Crippen LogP contribution < -0.4 is 9.80 Å². The van der Waals surface area contributed by atoms with E-state index in [1.165, 1.54) is 5.56 Å². The highest BCUT2D eigenvalue weighted by Gasteiger charge is 2.24. The van der Waals surface area contributed by atoms with Crippen LogP contribution in [0.15, 0.2) is 18.3 Å². The third-order valence-corrected chi connectivity index (χ3v) is 5.24. The van der Waals surface area contributed by atoms with Gasteiger partial charge >= 0.3 is 0 Å². The van der Waals surface area contributed by atoms with E-state index in [1.54, 1.807) is 11.3 Å². The zero-order chi connectivity index (χ0) is 15.7. The topological polar surface area (TPSA) is 45.2 Å². The third kappa shape index (κ3) is 3.21. The van der Waals surface area contributed by atoms with Crippen LogP contribution in [0.1, 0.15) is 31.3 Å². The molecule has 22 heavy (non-hydrogen) atoms. The molecule has 0 spiro atoms. The van der Waals surface area contributed by atoms with Gasteiger partial charge in [-0.3, -0.25) is 0 Å². The lowest BCUT2D eigenvalue weighted by molar-refractivity contribution is 0.577. The molecule has 6 heteroatoms. The SMILES string of the molecule is Cc1ccnc(N2CCN(c3nnc(C(C)(C)C)s3)CC2)c1. The van der Waals surface area contributed by atoms with Crippen molar-refractivity contribution >= 4 is 22.3 Å². The van der Waals surface area contributed by atoms with E-state index in [0.717, 1.165) is 42.1 Å². The number of hydrogen-bond donors (Lipinski definition) is 0. The number of hydrogen-bond acceptors (Lipinski definition) is 6. The van der Waals surface area contributed by atoms with Gasteiger partial charge in [-0.1, -0.05) is 32.1 Å². The number of aromatic nitrogens is 3. The fourth-order valence-corrected chi connectivity index (χ4v) is 3.42. The molecule has 0 amide bonds. The molecule has 0 N–H and O–H groups in total. The summed E-state index contributed by atoms with van der Waals surface area (Å²) in [7, 11) is 0. The summed E-state index contributed by atoms with van der Waals surface area (Å²) in [6, 6.07) is 4.19. The molecule has 0 atom stereocenters. The number of anilines is 2. The molecule has 0 aromatic carbocycles. The molecule has 0 aliphatic carbocycles. The minimum Gasteiger partial charge on any atom is -0.353 e. The van der Waals surface area contributed by atoms with Crippen LogP contribution in [-0.2, 0) is 5.41 Å². The molecule has 0 radical (unpaired) electrons. The Morgan fingerprint density at radius 2 is 1.73 bits per heavy atom. The molecule has 1 fully saturated rings. The van der Waals surface area contributed by atoms with Crippen LogP contribution in [0.25, 0.3) is 0 Å². The average molecular weight is 317 g/mol. The van der Waals surface area contributed by atoms with E-state index < -0.39 is 0 Å². The predicted octanol–water partition coefficient (Wildman–Crippen LogP) is 2.87. The van der Waals surface area contributed by atoms with Gasteiger partial charge in [-0.15, -0.1) is 10.2 Å². The first-order valence-electron chi connectivity index (χ1n) is 7.70. The largest absolute Gasteiger partial charge is 0.353 e. The Hall–Kier alpha value is -1.69. The van der Waals surface area contributed by atoms with Crippen LogP contribution >= 0.6 is 11.3 Å². The zero-order valence-corrected chi connectivity index (χ0v) is 14.5. The van der Waals surface area contributed by atoms with Crippen molar-refractivity contribution in [3.05, 3.63) is 28.9 Å². The number of aryl methyl sites for hydroxylation is 1. The van der Waals surface area contributed by atoms with Crippen molar-refractivity contribution in [2.75, 3.05) is 36.0 Å². The van der Waals surface area contributed by atoms with Gasteiger partial charge in [0.05, 0.1) is 0 Å². The average Bonchev–Trinajstić information content (AvgIpc) is 2.97. The van der Waals surface area contributed by atoms with Crippen molar-refractivity contribution in [3.8, 4) is 0 Å². The van der Waals surface area contributed by atoms with Crippen molar-refractivity contribution in [2.24, 2.45) is 0 Å². The minimum atomic E-state index is 0.0726. The molecule has 0 saturated carbocycles. The second-order valence-corrected chi connectivity index (χ2v) is 7.76. The highest BCUT2D eigenvalue weighted by molar-refractivity contribution is 7.15. The van der Waals surface area contributed by atoms with Crippen molar-refractivity contribution in [1.29, 1.82) is 0 Å². The molecule has 5 nitrogen and oxygen atoms in total. The summed E-state index contributed by atoms with van der Waals surface area (Å²) in [5, 5.41) is 10.9. The number of nitrogens with zero attached hydrogens (tertiary/aromatic N) is 5. The number of pyridine rings is 1. The molecule has 0 unspecified atom stereocenters. The molecule has 1 saturated heterocycles. The van der Waals surface area contributed by atoms with E-state index in [4.69, 9.17) is 0 Å². The molecule has 1 aliphatic rings. The summed E-state index contributed by atoms with van der Waals surface area (Å²) in [5.41, 5.74) is 1.33. The molecule has 1 aliphatic heterocycles. The van der Waals surface area contributed by atoms with E-state index in [0.29, 0.717) is 0 Å². The lowest BCUT2D eigenvalue weighted by atomic mass is 9.98. The summed E-state index contributed by atoms with van der Waals surface area (Å²) in [6.07, 6.45) is 1.89. The monoisotopic (exact) mass is 317 g/mol. The van der Waals surface area contributed by atoms with E-state index in [2.05, 4.69) is 58.7 Å². The van der Waals surface area contributed by atoms with E-state index >= 15 is 0 Å². The predicted molar refractivity (Wildman–Crippen MR) is 92.0 cm³/mol. The van der Waals surface area contributed by atoms with Crippen LogP contribution in [0.2, 0.25) is 0 Å². The molecular weight excluding hydrogens is 294 g/mol. The molecule has 2 aromatic heterocycles. The van der Waals surface area contributed by atoms with Gasteiger partial charge in [-0.05, 0) is 24.6 Å². The molecule has 3 heterocycles. The zero-order valence-electron chi connectivity index (χ0n) is 13.7. The normalized spacial score (nSPS) is 16.2. The van der Waals surface area contributed by atoms with E-state index in [1.807, 2.05) is 12.3 Å². The Kier molecular flexibility index (Phi) is 4.04. The Balaban J connectivity index is 1.65. The maximum Gasteiger partial charge on any atom is 0.208 e. The lowest BCUT2D eigenvalue weighted by Gasteiger charge is -2.35. The van der Waals surface area contributed by atoms with Gasteiger partial charge in [-0.25, -0.2) is 4.98 Å². The van der Waals surface area contributed by atoms with Gasteiger partial charge < -0.3 is 9.80 Å². The van der Waals surface area contributed by atoms with Crippen LogP contribution in [0, 0.1) is 6.92 Å². The highest BCUT2D eigenvalue weighted by atomic mass is 32.1. The summed E-state index contributed by atoms with van der Waals surface area (Å²) >= 11 is 1.72. The Labute approximate surface area is 136 Å². The lowest BCUT2D eigenvalue weighted by Crippen LogP contribution is -2.46. The first kappa shape index (κ1) is 15.2. The summed E-state index contributed by atoms with van der Waals surface area (Å²) in [5.74, 6) is 1.08. The fraction of sp³-hybridized carbons (Fsp3) is 0.562. The van der Waals surface area contributed by atoms with E-state index in [-0.39, 0.29) is 5.41 Å². The number of piperazine rings is 1. The first-order chi connectivity index (χ1) is 10.4. The second-order valence-electron chi connectivity index (χ2n) is 6.81. The standard InChI is InChI=1S/C16H23N5S/c1-12-5-6-17-13(11-12)20-7-9-21(10-8-20)15-19-18-14(22-15)16(2,3)4/h5-6,11H,7-10H2,1-4H3. The molecular formula is C16H23N5S. The Morgan fingerprint density at radius 1 is 1.05 bits per heavy atom. The quantitative estimate of drug-likeness (QED) is 0.852. The van der Waals surface area contributed by atoms with Gasteiger partial charge in [0.15, 0.2) is 0 Å². The summed E-state index contributed by atoms with van der Waals surface area (Å²) in [4.78, 5) is 9.15. The molecule has 2 aromatic rings. The van der Waals surface area contributed by atoms with Gasteiger partial charge in [0.2, 0.25) is 5.13 Å². The first-order valence-corrected chi connectivity index (χ1v) is 8.52. The Morgan fingerprint density at radius 3 is 2.32 bits per heavy atom. The van der Waals surface area contributed by atoms with Crippen LogP contribution in [-0.4, -0.2) is 41.4 Å². The Bertz CT molecular complexity index is 638. The van der Waals surface area contributed by atoms with Gasteiger partial charge in [-0.2, -0.15) is 0 Å². The van der Waals surface area contributed by atoms with Gasteiger partial charge in [0, 0.05) is 37.8 Å². The molecule has 118 valence electrons. The van der Waals surface area contributed by atoms with Gasteiger partial charge in [0.25, 0.3) is 0 Å². The maximum absolute atomic E-state index is 4.48. The second kappa shape index (κ2) is 5.83. The van der Waals surface area contributed by atoms with Crippen LogP contribution in [0.5, 0.6) is 0 Å². The fourth-order valence-electron chi connectivity index (χ4n) is 2.47. The molecule has 3 rings (SSSR count). The minimum absolute atomic E-state index is 0.0726. The van der Waals surface area contributed by atoms with Crippen molar-refractivity contribution < 1.29 is 0 Å². The third-order valence-electron chi connectivity index (χ3n) is 3.83. The summed E-state index contributed by atoms with van der Waals surface area (Å²) in [6.45, 7) is 12.5. The number of rotatable bonds is 2. The van der Waals surface area contributed by atoms with Crippen LogP contribution in [0.4, 0.5) is 10.9 Å². The van der Waals surface area contributed by atoms with E-state index in [9.17, 15) is 0 Å². The van der Waals surface area contributed by atoms with Crippen LogP contribution in [0.3, 0.4) is 0 Å². The van der Waals surface area contributed by atoms with Crippen molar-refractivity contribution in [3.63, 3.8) is 0 Å². The molecule has 0 bridgehead atoms. The maximum atomic E-state index is 4.48.